The molecule has 0 amide bonds. The molecule has 72 valence electrons. The molecule has 0 bridgehead atoms. The minimum atomic E-state index is -1.73. The molecule has 0 saturated heterocycles. The molecule has 0 radical (unpaired) electrons. The predicted molar refractivity (Wildman–Crippen MR) is 52.3 cm³/mol. The van der Waals surface area contributed by atoms with Gasteiger partial charge in [0.25, 0.3) is 0 Å². The summed E-state index contributed by atoms with van der Waals surface area (Å²) in [6.07, 6.45) is 0. The normalized spacial score (nSPS) is 8.77. The Hall–Kier alpha value is -0.865. The molecule has 0 aliphatic heterocycles. The third-order valence-corrected chi connectivity index (χ3v) is 1.50. The van der Waals surface area contributed by atoms with Gasteiger partial charge in [-0.3, -0.25) is 0 Å². The zero-order chi connectivity index (χ0) is 10.4. The summed E-state index contributed by atoms with van der Waals surface area (Å²) in [6.45, 7) is 5.57. The molecule has 2 nitrogen and oxygen atoms in total. The lowest BCUT2D eigenvalue weighted by atomic mass is 9.79. The average molecular weight is 184 g/mol. The summed E-state index contributed by atoms with van der Waals surface area (Å²) >= 11 is 0. The first-order valence-corrected chi connectivity index (χ1v) is 4.24. The van der Waals surface area contributed by atoms with Crippen LogP contribution in [-0.2, 0) is 0 Å². The van der Waals surface area contributed by atoms with Gasteiger partial charge < -0.3 is 10.0 Å². The molecular weight excluding hydrogens is 170 g/mol. The van der Waals surface area contributed by atoms with Crippen LogP contribution in [0.2, 0.25) is 0 Å². The molecule has 0 saturated carbocycles. The minimum Gasteiger partial charge on any atom is -0.423 e. The van der Waals surface area contributed by atoms with Crippen LogP contribution in [0.15, 0.2) is 18.2 Å². The van der Waals surface area contributed by atoms with Crippen molar-refractivity contribution in [3.8, 4) is 0 Å². The van der Waals surface area contributed by atoms with Crippen molar-refractivity contribution in [2.45, 2.75) is 20.8 Å². The van der Waals surface area contributed by atoms with Crippen molar-refractivity contribution in [3.05, 3.63) is 29.6 Å². The Balaban J connectivity index is 0.000000671. The Bertz CT molecular complexity index is 264. The van der Waals surface area contributed by atoms with Crippen LogP contribution in [0.3, 0.4) is 0 Å². The molecule has 4 heteroatoms. The van der Waals surface area contributed by atoms with Gasteiger partial charge in [-0.25, -0.2) is 4.39 Å². The van der Waals surface area contributed by atoms with Gasteiger partial charge in [0.2, 0.25) is 0 Å². The van der Waals surface area contributed by atoms with Gasteiger partial charge in [0.15, 0.2) is 0 Å². The number of hydrogen-bond donors (Lipinski definition) is 2. The lowest BCUT2D eigenvalue weighted by Gasteiger charge is -2.02. The third-order valence-electron chi connectivity index (χ3n) is 1.50. The molecule has 0 spiro atoms. The number of hydrogen-bond acceptors (Lipinski definition) is 2. The van der Waals surface area contributed by atoms with Gasteiger partial charge in [-0.15, -0.1) is 0 Å². The zero-order valence-corrected chi connectivity index (χ0v) is 8.08. The van der Waals surface area contributed by atoms with Crippen LogP contribution in [-0.4, -0.2) is 17.2 Å². The highest BCUT2D eigenvalue weighted by molar-refractivity contribution is 6.58. The second-order valence-corrected chi connectivity index (χ2v) is 2.35. The van der Waals surface area contributed by atoms with Gasteiger partial charge in [0, 0.05) is 5.46 Å². The first kappa shape index (κ1) is 12.1. The van der Waals surface area contributed by atoms with Crippen LogP contribution >= 0.6 is 0 Å². The monoisotopic (exact) mass is 184 g/mol. The molecule has 0 heterocycles. The largest absolute Gasteiger partial charge is 0.491 e. The molecule has 0 aliphatic rings. The first-order valence-electron chi connectivity index (χ1n) is 4.24. The topological polar surface area (TPSA) is 40.5 Å². The maximum Gasteiger partial charge on any atom is 0.491 e. The van der Waals surface area contributed by atoms with Gasteiger partial charge in [0.1, 0.15) is 5.82 Å². The first-order chi connectivity index (χ1) is 6.13. The van der Waals surface area contributed by atoms with E-state index in [1.54, 1.807) is 19.1 Å². The van der Waals surface area contributed by atoms with Gasteiger partial charge in [-0.2, -0.15) is 0 Å². The second-order valence-electron chi connectivity index (χ2n) is 2.35. The van der Waals surface area contributed by atoms with E-state index in [-0.39, 0.29) is 5.46 Å². The van der Waals surface area contributed by atoms with Crippen molar-refractivity contribution in [2.75, 3.05) is 0 Å². The standard InChI is InChI=1S/C7H8BFO2.C2H6/c1-5-3-2-4-6(7(5)9)8(10)11;1-2/h2-4,10-11H,1H3;1-2H3. The van der Waals surface area contributed by atoms with Crippen LogP contribution in [0.1, 0.15) is 19.4 Å². The summed E-state index contributed by atoms with van der Waals surface area (Å²) < 4.78 is 12.9. The number of rotatable bonds is 1. The summed E-state index contributed by atoms with van der Waals surface area (Å²) in [4.78, 5) is 0. The van der Waals surface area contributed by atoms with E-state index < -0.39 is 12.9 Å². The second kappa shape index (κ2) is 5.72. The zero-order valence-electron chi connectivity index (χ0n) is 8.08. The molecular formula is C9H14BFO2. The molecule has 2 N–H and O–H groups in total. The third kappa shape index (κ3) is 3.16. The van der Waals surface area contributed by atoms with Gasteiger partial charge >= 0.3 is 7.12 Å². The van der Waals surface area contributed by atoms with E-state index in [1.165, 1.54) is 6.07 Å². The van der Waals surface area contributed by atoms with E-state index in [0.717, 1.165) is 0 Å². The van der Waals surface area contributed by atoms with Crippen molar-refractivity contribution in [1.29, 1.82) is 0 Å². The fraction of sp³-hybridized carbons (Fsp3) is 0.333. The minimum absolute atomic E-state index is 0.0787. The Kier molecular flexibility index (Phi) is 5.34. The van der Waals surface area contributed by atoms with E-state index in [9.17, 15) is 4.39 Å². The van der Waals surface area contributed by atoms with Gasteiger partial charge in [-0.1, -0.05) is 32.0 Å². The lowest BCUT2D eigenvalue weighted by Crippen LogP contribution is -2.33. The summed E-state index contributed by atoms with van der Waals surface area (Å²) in [5.41, 5.74) is 0.334. The number of benzene rings is 1. The van der Waals surface area contributed by atoms with Crippen molar-refractivity contribution in [3.63, 3.8) is 0 Å². The molecule has 0 unspecified atom stereocenters. The maximum atomic E-state index is 12.9. The Morgan fingerprint density at radius 3 is 2.15 bits per heavy atom. The molecule has 0 fully saturated rings. The summed E-state index contributed by atoms with van der Waals surface area (Å²) in [6, 6.07) is 4.49. The average Bonchev–Trinajstić information content (AvgIpc) is 2.13. The van der Waals surface area contributed by atoms with E-state index in [4.69, 9.17) is 10.0 Å². The van der Waals surface area contributed by atoms with Crippen molar-refractivity contribution >= 4 is 12.6 Å². The summed E-state index contributed by atoms with van der Waals surface area (Å²) in [7, 11) is -1.73. The van der Waals surface area contributed by atoms with Crippen LogP contribution in [0, 0.1) is 12.7 Å². The maximum absolute atomic E-state index is 12.9. The molecule has 0 aromatic heterocycles. The summed E-state index contributed by atoms with van der Waals surface area (Å²) in [5, 5.41) is 17.3. The molecule has 1 aromatic rings. The Morgan fingerprint density at radius 2 is 1.77 bits per heavy atom. The Labute approximate surface area is 78.2 Å². The Morgan fingerprint density at radius 1 is 1.23 bits per heavy atom. The van der Waals surface area contributed by atoms with E-state index in [1.807, 2.05) is 13.8 Å². The SMILES string of the molecule is CC.Cc1cccc(B(O)O)c1F. The van der Waals surface area contributed by atoms with Crippen LogP contribution in [0.25, 0.3) is 0 Å². The van der Waals surface area contributed by atoms with Crippen LogP contribution in [0.4, 0.5) is 4.39 Å². The number of halogens is 1. The van der Waals surface area contributed by atoms with Gasteiger partial charge in [-0.05, 0) is 12.5 Å². The molecule has 1 aromatic carbocycles. The fourth-order valence-electron chi connectivity index (χ4n) is 0.870. The van der Waals surface area contributed by atoms with Crippen molar-refractivity contribution < 1.29 is 14.4 Å². The molecule has 13 heavy (non-hydrogen) atoms. The fourth-order valence-corrected chi connectivity index (χ4v) is 0.870. The van der Waals surface area contributed by atoms with Crippen molar-refractivity contribution in [2.24, 2.45) is 0 Å². The van der Waals surface area contributed by atoms with Crippen LogP contribution < -0.4 is 5.46 Å². The lowest BCUT2D eigenvalue weighted by molar-refractivity contribution is 0.423. The van der Waals surface area contributed by atoms with Crippen LogP contribution in [0.5, 0.6) is 0 Å². The quantitative estimate of drug-likeness (QED) is 0.635. The molecule has 1 rings (SSSR count). The van der Waals surface area contributed by atoms with E-state index >= 15 is 0 Å². The highest BCUT2D eigenvalue weighted by Gasteiger charge is 2.16. The highest BCUT2D eigenvalue weighted by Crippen LogP contribution is 2.01. The molecule has 0 aliphatic carbocycles. The van der Waals surface area contributed by atoms with Crippen molar-refractivity contribution in [1.82, 2.24) is 0 Å². The molecule has 0 atom stereocenters. The smallest absolute Gasteiger partial charge is 0.423 e. The predicted octanol–water partition coefficient (Wildman–Crippen LogP) is 0.840. The van der Waals surface area contributed by atoms with Gasteiger partial charge in [0.05, 0.1) is 0 Å². The summed E-state index contributed by atoms with van der Waals surface area (Å²) in [5.74, 6) is -0.553. The number of aryl methyl sites for hydroxylation is 1. The highest BCUT2D eigenvalue weighted by atomic mass is 19.1. The van der Waals surface area contributed by atoms with E-state index in [2.05, 4.69) is 0 Å². The van der Waals surface area contributed by atoms with E-state index in [0.29, 0.717) is 5.56 Å².